The first kappa shape index (κ1) is 20.0. The molecule has 0 N–H and O–H groups in total. The van der Waals surface area contributed by atoms with Gasteiger partial charge in [-0.15, -0.1) is 0 Å². The maximum absolute atomic E-state index is 4.07. The minimum absolute atomic E-state index is 0.984. The maximum atomic E-state index is 4.07. The number of benzene rings is 2. The third-order valence-electron chi connectivity index (χ3n) is 4.74. The molecule has 26 heavy (non-hydrogen) atoms. The van der Waals surface area contributed by atoms with Gasteiger partial charge in [0, 0.05) is 11.4 Å². The predicted octanol–water partition coefficient (Wildman–Crippen LogP) is 7.65. The molecule has 0 radical (unpaired) electrons. The smallest absolute Gasteiger partial charge is 0.0520 e. The van der Waals surface area contributed by atoms with Crippen molar-refractivity contribution in [3.05, 3.63) is 83.6 Å². The van der Waals surface area contributed by atoms with E-state index in [9.17, 15) is 0 Å². The van der Waals surface area contributed by atoms with Crippen LogP contribution in [0.4, 0.5) is 11.4 Å². The van der Waals surface area contributed by atoms with Crippen molar-refractivity contribution in [2.45, 2.75) is 59.8 Å². The van der Waals surface area contributed by atoms with E-state index in [1.807, 2.05) is 6.08 Å². The number of para-hydroxylation sites is 1. The summed E-state index contributed by atoms with van der Waals surface area (Å²) in [6, 6.07) is 15.3. The largest absolute Gasteiger partial charge is 0.310 e. The molecular formula is C25H33N. The third-order valence-corrected chi connectivity index (χ3v) is 4.74. The van der Waals surface area contributed by atoms with Gasteiger partial charge in [0.2, 0.25) is 0 Å². The monoisotopic (exact) mass is 347 g/mol. The van der Waals surface area contributed by atoms with Gasteiger partial charge in [-0.05, 0) is 68.0 Å². The zero-order valence-corrected chi connectivity index (χ0v) is 16.9. The van der Waals surface area contributed by atoms with Crippen molar-refractivity contribution in [1.82, 2.24) is 0 Å². The Kier molecular flexibility index (Phi) is 7.72. The Bertz CT molecular complexity index is 717. The highest BCUT2D eigenvalue weighted by atomic mass is 15.1. The van der Waals surface area contributed by atoms with Gasteiger partial charge in [-0.2, -0.15) is 0 Å². The number of unbranched alkanes of at least 4 members (excludes halogenated alkanes) is 2. The summed E-state index contributed by atoms with van der Waals surface area (Å²) in [7, 11) is 0. The van der Waals surface area contributed by atoms with Crippen LogP contribution in [0.1, 0.15) is 56.2 Å². The van der Waals surface area contributed by atoms with Crippen LogP contribution in [0.15, 0.2) is 66.9 Å². The predicted molar refractivity (Wildman–Crippen MR) is 116 cm³/mol. The fraction of sp³-hybridized carbons (Fsp3) is 0.360. The Morgan fingerprint density at radius 3 is 2.19 bits per heavy atom. The Morgan fingerprint density at radius 2 is 1.65 bits per heavy atom. The molecule has 0 aromatic heterocycles. The van der Waals surface area contributed by atoms with Gasteiger partial charge >= 0.3 is 0 Å². The van der Waals surface area contributed by atoms with Crippen LogP contribution in [0, 0.1) is 13.8 Å². The normalized spacial score (nSPS) is 11.5. The number of hydrogen-bond donors (Lipinski definition) is 0. The molecule has 0 bridgehead atoms. The number of hydrogen-bond acceptors (Lipinski definition) is 1. The Balaban J connectivity index is 2.51. The van der Waals surface area contributed by atoms with Crippen molar-refractivity contribution >= 4 is 11.4 Å². The van der Waals surface area contributed by atoms with Crippen LogP contribution >= 0.6 is 0 Å². The molecule has 0 aliphatic rings. The summed E-state index contributed by atoms with van der Waals surface area (Å²) in [6.45, 7) is 13.0. The van der Waals surface area contributed by atoms with Crippen LogP contribution in [-0.4, -0.2) is 0 Å². The molecule has 0 amide bonds. The Labute approximate surface area is 160 Å². The van der Waals surface area contributed by atoms with Gasteiger partial charge in [0.1, 0.15) is 0 Å². The van der Waals surface area contributed by atoms with Crippen LogP contribution in [0.25, 0.3) is 0 Å². The molecule has 0 saturated heterocycles. The highest BCUT2D eigenvalue weighted by molar-refractivity contribution is 5.75. The summed E-state index contributed by atoms with van der Waals surface area (Å²) in [4.78, 5) is 2.34. The van der Waals surface area contributed by atoms with Crippen LogP contribution in [-0.2, 0) is 6.42 Å². The van der Waals surface area contributed by atoms with E-state index < -0.39 is 0 Å². The summed E-state index contributed by atoms with van der Waals surface area (Å²) in [5.41, 5.74) is 7.69. The zero-order chi connectivity index (χ0) is 18.9. The highest BCUT2D eigenvalue weighted by Crippen LogP contribution is 2.36. The molecule has 0 spiro atoms. The molecule has 138 valence electrons. The van der Waals surface area contributed by atoms with E-state index in [2.05, 4.69) is 87.7 Å². The number of allylic oxidation sites excluding steroid dienone is 2. The van der Waals surface area contributed by atoms with Gasteiger partial charge in [0.25, 0.3) is 0 Å². The molecule has 0 fully saturated rings. The standard InChI is InChI=1S/C25H33N/c1-6-9-11-15-22-18-20(4)25(21(5)19-22)26(23(8-3)14-7-2)24-16-12-10-13-17-24/h8,10,12-14,16-19H,3,6-7,9,11,15H2,1-2,4-5H3/b23-14+. The lowest BCUT2D eigenvalue weighted by Crippen LogP contribution is -2.17. The van der Waals surface area contributed by atoms with E-state index in [4.69, 9.17) is 0 Å². The quantitative estimate of drug-likeness (QED) is 0.332. The second kappa shape index (κ2) is 10.0. The Hall–Kier alpha value is -2.28. The van der Waals surface area contributed by atoms with Crippen molar-refractivity contribution in [2.75, 3.05) is 4.90 Å². The number of rotatable bonds is 9. The SMILES string of the molecule is C=C/C(=C\CC)N(c1ccccc1)c1c(C)cc(CCCCC)cc1C. The first-order valence-electron chi connectivity index (χ1n) is 9.90. The second-order valence-electron chi connectivity index (χ2n) is 6.95. The van der Waals surface area contributed by atoms with E-state index in [1.54, 1.807) is 0 Å². The number of anilines is 2. The number of nitrogens with zero attached hydrogens (tertiary/aromatic N) is 1. The highest BCUT2D eigenvalue weighted by Gasteiger charge is 2.17. The van der Waals surface area contributed by atoms with Gasteiger partial charge in [0.15, 0.2) is 0 Å². The second-order valence-corrected chi connectivity index (χ2v) is 6.95. The summed E-state index contributed by atoms with van der Waals surface area (Å²) in [5.74, 6) is 0. The summed E-state index contributed by atoms with van der Waals surface area (Å²) in [5, 5.41) is 0. The minimum atomic E-state index is 0.984. The van der Waals surface area contributed by atoms with Crippen molar-refractivity contribution < 1.29 is 0 Å². The summed E-state index contributed by atoms with van der Waals surface area (Å²) < 4.78 is 0. The molecular weight excluding hydrogens is 314 g/mol. The molecule has 0 saturated carbocycles. The average Bonchev–Trinajstić information content (AvgIpc) is 2.64. The van der Waals surface area contributed by atoms with Crippen molar-refractivity contribution in [3.8, 4) is 0 Å². The van der Waals surface area contributed by atoms with Crippen molar-refractivity contribution in [3.63, 3.8) is 0 Å². The lowest BCUT2D eigenvalue weighted by atomic mass is 9.98. The van der Waals surface area contributed by atoms with E-state index in [-0.39, 0.29) is 0 Å². The maximum Gasteiger partial charge on any atom is 0.0520 e. The molecule has 1 nitrogen and oxygen atoms in total. The molecule has 0 aliphatic carbocycles. The van der Waals surface area contributed by atoms with Crippen LogP contribution in [0.3, 0.4) is 0 Å². The van der Waals surface area contributed by atoms with Gasteiger partial charge in [-0.25, -0.2) is 0 Å². The van der Waals surface area contributed by atoms with Crippen LogP contribution in [0.5, 0.6) is 0 Å². The molecule has 2 aromatic rings. The Morgan fingerprint density at radius 1 is 1.00 bits per heavy atom. The van der Waals surface area contributed by atoms with Crippen molar-refractivity contribution in [1.29, 1.82) is 0 Å². The van der Waals surface area contributed by atoms with E-state index in [1.165, 1.54) is 53.7 Å². The lowest BCUT2D eigenvalue weighted by Gasteiger charge is -2.30. The average molecular weight is 348 g/mol. The van der Waals surface area contributed by atoms with Gasteiger partial charge < -0.3 is 4.90 Å². The number of aryl methyl sites for hydroxylation is 3. The lowest BCUT2D eigenvalue weighted by molar-refractivity contribution is 0.717. The fourth-order valence-electron chi connectivity index (χ4n) is 3.58. The summed E-state index contributed by atoms with van der Waals surface area (Å²) >= 11 is 0. The topological polar surface area (TPSA) is 3.24 Å². The molecule has 0 atom stereocenters. The van der Waals surface area contributed by atoms with E-state index in [0.717, 1.165) is 12.1 Å². The molecule has 0 unspecified atom stereocenters. The van der Waals surface area contributed by atoms with Gasteiger partial charge in [0.05, 0.1) is 5.69 Å². The van der Waals surface area contributed by atoms with Crippen molar-refractivity contribution in [2.24, 2.45) is 0 Å². The molecule has 2 aromatic carbocycles. The van der Waals surface area contributed by atoms with Crippen LogP contribution in [0.2, 0.25) is 0 Å². The summed E-state index contributed by atoms with van der Waals surface area (Å²) in [6.07, 6.45) is 10.2. The molecule has 1 heteroatoms. The first-order chi connectivity index (χ1) is 12.6. The third kappa shape index (κ3) is 4.88. The molecule has 0 aliphatic heterocycles. The van der Waals surface area contributed by atoms with Crippen LogP contribution < -0.4 is 4.90 Å². The van der Waals surface area contributed by atoms with Gasteiger partial charge in [-0.3, -0.25) is 0 Å². The van der Waals surface area contributed by atoms with Gasteiger partial charge in [-0.1, -0.05) is 69.7 Å². The molecule has 2 rings (SSSR count). The van der Waals surface area contributed by atoms with E-state index >= 15 is 0 Å². The van der Waals surface area contributed by atoms with E-state index in [0.29, 0.717) is 0 Å². The molecule has 0 heterocycles. The zero-order valence-electron chi connectivity index (χ0n) is 16.9. The minimum Gasteiger partial charge on any atom is -0.310 e. The fourth-order valence-corrected chi connectivity index (χ4v) is 3.58. The first-order valence-corrected chi connectivity index (χ1v) is 9.90.